The zero-order chi connectivity index (χ0) is 21.7. The molecule has 1 aliphatic rings. The SMILES string of the molecule is Cn1nccc(OCC(=O)N2CCC(Oc3ccccc3OC(F)(F)F)CC2)c1=O. The van der Waals surface area contributed by atoms with E-state index in [0.29, 0.717) is 25.9 Å². The van der Waals surface area contributed by atoms with E-state index >= 15 is 0 Å². The minimum Gasteiger partial charge on any atom is -0.486 e. The van der Waals surface area contributed by atoms with Gasteiger partial charge in [0.05, 0.1) is 6.20 Å². The standard InChI is InChI=1S/C19H20F3N3O5/c1-24-18(27)16(6-9-23-24)28-12-17(26)25-10-7-13(8-11-25)29-14-4-2-3-5-15(14)30-19(20,21)22/h2-6,9,13H,7-8,10-12H2,1H3. The third kappa shape index (κ3) is 5.65. The lowest BCUT2D eigenvalue weighted by atomic mass is 10.1. The Morgan fingerprint density at radius 1 is 1.13 bits per heavy atom. The van der Waals surface area contributed by atoms with Crippen LogP contribution in [0.2, 0.25) is 0 Å². The molecule has 1 fully saturated rings. The number of amides is 1. The fourth-order valence-corrected chi connectivity index (χ4v) is 2.98. The molecule has 162 valence electrons. The monoisotopic (exact) mass is 427 g/mol. The second-order valence-corrected chi connectivity index (χ2v) is 6.61. The molecule has 0 radical (unpaired) electrons. The zero-order valence-corrected chi connectivity index (χ0v) is 16.1. The number of hydrogen-bond donors (Lipinski definition) is 0. The topological polar surface area (TPSA) is 82.9 Å². The minimum atomic E-state index is -4.81. The summed E-state index contributed by atoms with van der Waals surface area (Å²) in [5, 5.41) is 3.77. The lowest BCUT2D eigenvalue weighted by Gasteiger charge is -2.32. The Kier molecular flexibility index (Phi) is 6.48. The number of likely N-dealkylation sites (tertiary alicyclic amines) is 1. The maximum atomic E-state index is 12.5. The average Bonchev–Trinajstić information content (AvgIpc) is 2.70. The number of piperidine rings is 1. The van der Waals surface area contributed by atoms with E-state index in [0.717, 1.165) is 4.68 Å². The first-order valence-corrected chi connectivity index (χ1v) is 9.17. The highest BCUT2D eigenvalue weighted by Crippen LogP contribution is 2.33. The molecule has 0 N–H and O–H groups in total. The van der Waals surface area contributed by atoms with Crippen LogP contribution in [0.5, 0.6) is 17.2 Å². The van der Waals surface area contributed by atoms with Crippen molar-refractivity contribution < 1.29 is 32.2 Å². The number of nitrogens with zero attached hydrogens (tertiary/aromatic N) is 3. The molecule has 11 heteroatoms. The highest BCUT2D eigenvalue weighted by molar-refractivity contribution is 5.77. The molecule has 0 aliphatic carbocycles. The molecule has 1 amide bonds. The smallest absolute Gasteiger partial charge is 0.486 e. The first-order chi connectivity index (χ1) is 14.2. The third-order valence-corrected chi connectivity index (χ3v) is 4.48. The van der Waals surface area contributed by atoms with Gasteiger partial charge in [-0.1, -0.05) is 12.1 Å². The van der Waals surface area contributed by atoms with Crippen molar-refractivity contribution in [1.82, 2.24) is 14.7 Å². The number of aromatic nitrogens is 2. The lowest BCUT2D eigenvalue weighted by Crippen LogP contribution is -2.44. The van der Waals surface area contributed by atoms with Crippen LogP contribution in [-0.2, 0) is 11.8 Å². The molecular formula is C19H20F3N3O5. The molecule has 0 bridgehead atoms. The molecule has 1 saturated heterocycles. The van der Waals surface area contributed by atoms with Crippen molar-refractivity contribution in [3.8, 4) is 17.2 Å². The van der Waals surface area contributed by atoms with E-state index in [1.165, 1.54) is 37.5 Å². The number of rotatable bonds is 6. The maximum Gasteiger partial charge on any atom is 0.573 e. The molecule has 2 heterocycles. The number of para-hydroxylation sites is 2. The highest BCUT2D eigenvalue weighted by atomic mass is 19.4. The third-order valence-electron chi connectivity index (χ3n) is 4.48. The zero-order valence-electron chi connectivity index (χ0n) is 16.1. The van der Waals surface area contributed by atoms with Gasteiger partial charge in [0.2, 0.25) is 0 Å². The van der Waals surface area contributed by atoms with Crippen LogP contribution >= 0.6 is 0 Å². The fourth-order valence-electron chi connectivity index (χ4n) is 2.98. The van der Waals surface area contributed by atoms with Crippen molar-refractivity contribution in [3.05, 3.63) is 46.9 Å². The minimum absolute atomic E-state index is 0.00327. The van der Waals surface area contributed by atoms with Crippen LogP contribution in [0.1, 0.15) is 12.8 Å². The van der Waals surface area contributed by atoms with E-state index in [1.54, 1.807) is 11.0 Å². The van der Waals surface area contributed by atoms with Gasteiger partial charge in [-0.2, -0.15) is 5.10 Å². The largest absolute Gasteiger partial charge is 0.573 e. The Morgan fingerprint density at radius 2 is 1.80 bits per heavy atom. The molecule has 2 aromatic rings. The summed E-state index contributed by atoms with van der Waals surface area (Å²) >= 11 is 0. The van der Waals surface area contributed by atoms with E-state index in [1.807, 2.05) is 0 Å². The second kappa shape index (κ2) is 9.06. The molecule has 0 spiro atoms. The van der Waals surface area contributed by atoms with Crippen LogP contribution in [0.3, 0.4) is 0 Å². The van der Waals surface area contributed by atoms with Crippen molar-refractivity contribution in [2.24, 2.45) is 7.05 Å². The summed E-state index contributed by atoms with van der Waals surface area (Å²) in [6.07, 6.45) is -2.91. The van der Waals surface area contributed by atoms with E-state index in [9.17, 15) is 22.8 Å². The molecule has 1 aromatic heterocycles. The summed E-state index contributed by atoms with van der Waals surface area (Å²) in [5.74, 6) is -0.680. The average molecular weight is 427 g/mol. The van der Waals surface area contributed by atoms with Crippen molar-refractivity contribution in [3.63, 3.8) is 0 Å². The Bertz CT molecular complexity index is 939. The van der Waals surface area contributed by atoms with Gasteiger partial charge < -0.3 is 19.1 Å². The summed E-state index contributed by atoms with van der Waals surface area (Å²) in [6.45, 7) is 0.403. The molecule has 0 atom stereocenters. The van der Waals surface area contributed by atoms with Crippen molar-refractivity contribution in [2.75, 3.05) is 19.7 Å². The molecule has 0 saturated carbocycles. The van der Waals surface area contributed by atoms with Crippen LogP contribution < -0.4 is 19.8 Å². The second-order valence-electron chi connectivity index (χ2n) is 6.61. The van der Waals surface area contributed by atoms with Gasteiger partial charge in [-0.25, -0.2) is 4.68 Å². The predicted octanol–water partition coefficient (Wildman–Crippen LogP) is 2.13. The van der Waals surface area contributed by atoms with Gasteiger partial charge in [-0.05, 0) is 12.1 Å². The van der Waals surface area contributed by atoms with Crippen LogP contribution in [0, 0.1) is 0 Å². The number of aryl methyl sites for hydroxylation is 1. The highest BCUT2D eigenvalue weighted by Gasteiger charge is 2.33. The predicted molar refractivity (Wildman–Crippen MR) is 98.3 cm³/mol. The summed E-state index contributed by atoms with van der Waals surface area (Å²) < 4.78 is 53.6. The summed E-state index contributed by atoms with van der Waals surface area (Å²) in [6, 6.07) is 6.95. The first kappa shape index (κ1) is 21.5. The Morgan fingerprint density at radius 3 is 2.47 bits per heavy atom. The number of benzene rings is 1. The van der Waals surface area contributed by atoms with Crippen molar-refractivity contribution >= 4 is 5.91 Å². The van der Waals surface area contributed by atoms with E-state index in [4.69, 9.17) is 9.47 Å². The number of carbonyl (C=O) groups is 1. The van der Waals surface area contributed by atoms with Crippen LogP contribution in [0.4, 0.5) is 13.2 Å². The van der Waals surface area contributed by atoms with Crippen LogP contribution in [0.15, 0.2) is 41.3 Å². The van der Waals surface area contributed by atoms with Gasteiger partial charge in [-0.15, -0.1) is 13.2 Å². The molecular weight excluding hydrogens is 407 g/mol. The quantitative estimate of drug-likeness (QED) is 0.703. The first-order valence-electron chi connectivity index (χ1n) is 9.17. The Hall–Kier alpha value is -3.24. The van der Waals surface area contributed by atoms with Gasteiger partial charge in [0.1, 0.15) is 6.10 Å². The van der Waals surface area contributed by atoms with Crippen LogP contribution in [0.25, 0.3) is 0 Å². The van der Waals surface area contributed by atoms with Gasteiger partial charge in [0.15, 0.2) is 23.9 Å². The van der Waals surface area contributed by atoms with Gasteiger partial charge >= 0.3 is 11.9 Å². The van der Waals surface area contributed by atoms with E-state index < -0.39 is 17.7 Å². The Balaban J connectivity index is 1.51. The summed E-state index contributed by atoms with van der Waals surface area (Å²) in [7, 11) is 1.47. The Labute approximate surface area is 169 Å². The maximum absolute atomic E-state index is 12.5. The van der Waals surface area contributed by atoms with Gasteiger partial charge in [-0.3, -0.25) is 9.59 Å². The summed E-state index contributed by atoms with van der Waals surface area (Å²) in [4.78, 5) is 25.7. The fraction of sp³-hybridized carbons (Fsp3) is 0.421. The van der Waals surface area contributed by atoms with Gasteiger partial charge in [0.25, 0.3) is 5.91 Å². The van der Waals surface area contributed by atoms with Crippen molar-refractivity contribution in [1.29, 1.82) is 0 Å². The van der Waals surface area contributed by atoms with E-state index in [-0.39, 0.29) is 30.1 Å². The number of alkyl halides is 3. The normalized spacial score (nSPS) is 15.0. The van der Waals surface area contributed by atoms with Crippen molar-refractivity contribution in [2.45, 2.75) is 25.3 Å². The van der Waals surface area contributed by atoms with Gasteiger partial charge in [0, 0.05) is 39.0 Å². The number of ether oxygens (including phenoxy) is 3. The number of carbonyl (C=O) groups excluding carboxylic acids is 1. The number of hydrogen-bond acceptors (Lipinski definition) is 6. The molecule has 3 rings (SSSR count). The molecule has 0 unspecified atom stereocenters. The molecule has 1 aromatic carbocycles. The molecule has 30 heavy (non-hydrogen) atoms. The summed E-state index contributed by atoms with van der Waals surface area (Å²) in [5.41, 5.74) is -0.447. The lowest BCUT2D eigenvalue weighted by molar-refractivity contribution is -0.275. The molecule has 1 aliphatic heterocycles. The molecule has 8 nitrogen and oxygen atoms in total. The van der Waals surface area contributed by atoms with E-state index in [2.05, 4.69) is 9.84 Å². The van der Waals surface area contributed by atoms with Crippen LogP contribution in [-0.4, -0.2) is 52.8 Å². The number of halogens is 3.